The van der Waals surface area contributed by atoms with Crippen molar-refractivity contribution in [1.29, 1.82) is 0 Å². The van der Waals surface area contributed by atoms with Gasteiger partial charge in [0.2, 0.25) is 11.8 Å². The summed E-state index contributed by atoms with van der Waals surface area (Å²) in [5, 5.41) is 9.89. The van der Waals surface area contributed by atoms with Crippen LogP contribution in [0.3, 0.4) is 0 Å². The Labute approximate surface area is 138 Å². The summed E-state index contributed by atoms with van der Waals surface area (Å²) >= 11 is 0. The molecule has 8 nitrogen and oxygen atoms in total. The minimum atomic E-state index is -0.669. The van der Waals surface area contributed by atoms with Crippen LogP contribution in [-0.2, 0) is 17.9 Å². The van der Waals surface area contributed by atoms with Gasteiger partial charge in [-0.25, -0.2) is 4.98 Å². The summed E-state index contributed by atoms with van der Waals surface area (Å²) in [5.74, 6) is 0.412. The lowest BCUT2D eigenvalue weighted by atomic mass is 10.2. The molecule has 3 N–H and O–H groups in total. The van der Waals surface area contributed by atoms with E-state index in [4.69, 9.17) is 15.2 Å². The second kappa shape index (κ2) is 7.24. The molecule has 0 spiro atoms. The first-order chi connectivity index (χ1) is 11.7. The van der Waals surface area contributed by atoms with Crippen molar-refractivity contribution in [2.75, 3.05) is 19.5 Å². The predicted octanol–water partition coefficient (Wildman–Crippen LogP) is 0.995. The number of methoxy groups -OCH3 is 1. The summed E-state index contributed by atoms with van der Waals surface area (Å²) in [7, 11) is 1.53. The maximum atomic E-state index is 9.89. The van der Waals surface area contributed by atoms with E-state index >= 15 is 0 Å². The molecule has 0 aliphatic heterocycles. The molecule has 0 saturated carbocycles. The van der Waals surface area contributed by atoms with Crippen LogP contribution in [0.5, 0.6) is 5.88 Å². The van der Waals surface area contributed by atoms with E-state index in [0.717, 1.165) is 5.56 Å². The normalized spacial score (nSPS) is 12.4. The van der Waals surface area contributed by atoms with Gasteiger partial charge in [0.15, 0.2) is 11.2 Å². The largest absolute Gasteiger partial charge is 0.471 e. The van der Waals surface area contributed by atoms with Gasteiger partial charge in [0.25, 0.3) is 0 Å². The molecule has 3 aromatic rings. The van der Waals surface area contributed by atoms with E-state index in [-0.39, 0.29) is 12.6 Å². The monoisotopic (exact) mass is 329 g/mol. The molecule has 3 rings (SSSR count). The average Bonchev–Trinajstić information content (AvgIpc) is 2.96. The standard InChI is InChI=1S/C16H19N5O3/c1-23-9-12(22)7-21-10-18-13-14(21)19-16(17)20-15(13)24-8-11-5-3-2-4-6-11/h2-6,10,12,22H,7-9H2,1H3,(H2,17,19,20)/t12-/m1/s1. The Balaban J connectivity index is 1.84. The number of nitrogens with zero attached hydrogens (tertiary/aromatic N) is 4. The number of hydrogen-bond acceptors (Lipinski definition) is 7. The highest BCUT2D eigenvalue weighted by molar-refractivity contribution is 5.77. The van der Waals surface area contributed by atoms with Gasteiger partial charge in [-0.1, -0.05) is 30.3 Å². The molecule has 0 amide bonds. The molecule has 1 aromatic carbocycles. The number of fused-ring (bicyclic) bond motifs is 1. The second-order valence-electron chi connectivity index (χ2n) is 5.34. The topological polar surface area (TPSA) is 108 Å². The zero-order valence-corrected chi connectivity index (χ0v) is 13.3. The van der Waals surface area contributed by atoms with Crippen LogP contribution in [0.1, 0.15) is 5.56 Å². The molecule has 0 fully saturated rings. The third-order valence-corrected chi connectivity index (χ3v) is 3.43. The van der Waals surface area contributed by atoms with Crippen LogP contribution in [0.2, 0.25) is 0 Å². The van der Waals surface area contributed by atoms with E-state index in [2.05, 4.69) is 15.0 Å². The molecule has 0 unspecified atom stereocenters. The molecule has 2 heterocycles. The van der Waals surface area contributed by atoms with Gasteiger partial charge in [0.05, 0.1) is 25.6 Å². The van der Waals surface area contributed by atoms with Gasteiger partial charge in [-0.2, -0.15) is 9.97 Å². The van der Waals surface area contributed by atoms with Gasteiger partial charge in [-0.3, -0.25) is 0 Å². The number of aromatic nitrogens is 4. The fourth-order valence-corrected chi connectivity index (χ4v) is 2.37. The van der Waals surface area contributed by atoms with Gasteiger partial charge in [0, 0.05) is 7.11 Å². The quantitative estimate of drug-likeness (QED) is 0.665. The Bertz CT molecular complexity index is 806. The number of aliphatic hydroxyl groups excluding tert-OH is 1. The van der Waals surface area contributed by atoms with Gasteiger partial charge in [0.1, 0.15) is 6.61 Å². The summed E-state index contributed by atoms with van der Waals surface area (Å²) < 4.78 is 12.4. The van der Waals surface area contributed by atoms with Crippen molar-refractivity contribution in [2.24, 2.45) is 0 Å². The molecule has 0 bridgehead atoms. The minimum absolute atomic E-state index is 0.0912. The molecule has 0 saturated heterocycles. The van der Waals surface area contributed by atoms with E-state index < -0.39 is 6.10 Å². The highest BCUT2D eigenvalue weighted by atomic mass is 16.5. The molecule has 0 aliphatic rings. The smallest absolute Gasteiger partial charge is 0.247 e. The number of ether oxygens (including phenoxy) is 2. The zero-order valence-electron chi connectivity index (χ0n) is 13.3. The van der Waals surface area contributed by atoms with Crippen LogP contribution >= 0.6 is 0 Å². The number of nitrogen functional groups attached to an aromatic ring is 1. The predicted molar refractivity (Wildman–Crippen MR) is 88.4 cm³/mol. The van der Waals surface area contributed by atoms with Crippen molar-refractivity contribution >= 4 is 17.1 Å². The van der Waals surface area contributed by atoms with Crippen LogP contribution in [0.25, 0.3) is 11.2 Å². The van der Waals surface area contributed by atoms with Gasteiger partial charge in [-0.05, 0) is 5.56 Å². The Hall–Kier alpha value is -2.71. The third-order valence-electron chi connectivity index (χ3n) is 3.43. The van der Waals surface area contributed by atoms with Crippen LogP contribution in [0.15, 0.2) is 36.7 Å². The molecule has 24 heavy (non-hydrogen) atoms. The number of benzene rings is 1. The van der Waals surface area contributed by atoms with Crippen molar-refractivity contribution in [3.8, 4) is 5.88 Å². The lowest BCUT2D eigenvalue weighted by molar-refractivity contribution is 0.0543. The summed E-state index contributed by atoms with van der Waals surface area (Å²) in [6.45, 7) is 0.863. The Kier molecular flexibility index (Phi) is 4.88. The molecular formula is C16H19N5O3. The Morgan fingerprint density at radius 3 is 2.79 bits per heavy atom. The molecule has 1 atom stereocenters. The van der Waals surface area contributed by atoms with Crippen molar-refractivity contribution in [1.82, 2.24) is 19.5 Å². The lowest BCUT2D eigenvalue weighted by Gasteiger charge is -2.11. The van der Waals surface area contributed by atoms with Gasteiger partial charge >= 0.3 is 0 Å². The van der Waals surface area contributed by atoms with E-state index in [1.165, 1.54) is 7.11 Å². The minimum Gasteiger partial charge on any atom is -0.471 e. The third kappa shape index (κ3) is 3.61. The molecule has 126 valence electrons. The molecule has 0 radical (unpaired) electrons. The van der Waals surface area contributed by atoms with Crippen LogP contribution < -0.4 is 10.5 Å². The summed E-state index contributed by atoms with van der Waals surface area (Å²) in [5.41, 5.74) is 7.81. The van der Waals surface area contributed by atoms with Crippen LogP contribution in [0.4, 0.5) is 5.95 Å². The SMILES string of the molecule is COC[C@H](O)Cn1cnc2c(OCc3ccccc3)nc(N)nc21. The van der Waals surface area contributed by atoms with E-state index in [9.17, 15) is 5.11 Å². The summed E-state index contributed by atoms with van der Waals surface area (Å²) in [4.78, 5) is 12.6. The van der Waals surface area contributed by atoms with Crippen molar-refractivity contribution in [3.63, 3.8) is 0 Å². The Morgan fingerprint density at radius 2 is 2.04 bits per heavy atom. The van der Waals surface area contributed by atoms with Crippen LogP contribution in [-0.4, -0.2) is 44.4 Å². The number of hydrogen-bond donors (Lipinski definition) is 2. The molecule has 8 heteroatoms. The highest BCUT2D eigenvalue weighted by Crippen LogP contribution is 2.23. The maximum Gasteiger partial charge on any atom is 0.247 e. The number of imidazole rings is 1. The number of anilines is 1. The van der Waals surface area contributed by atoms with E-state index in [0.29, 0.717) is 30.2 Å². The van der Waals surface area contributed by atoms with E-state index in [1.807, 2.05) is 30.3 Å². The molecule has 0 aliphatic carbocycles. The Morgan fingerprint density at radius 1 is 1.25 bits per heavy atom. The lowest BCUT2D eigenvalue weighted by Crippen LogP contribution is -2.21. The zero-order chi connectivity index (χ0) is 16.9. The fourth-order valence-electron chi connectivity index (χ4n) is 2.37. The maximum absolute atomic E-state index is 9.89. The summed E-state index contributed by atoms with van der Waals surface area (Å²) in [6, 6.07) is 9.74. The first kappa shape index (κ1) is 16.2. The number of nitrogens with two attached hydrogens (primary N) is 1. The first-order valence-electron chi connectivity index (χ1n) is 7.49. The highest BCUT2D eigenvalue weighted by Gasteiger charge is 2.15. The second-order valence-corrected chi connectivity index (χ2v) is 5.34. The van der Waals surface area contributed by atoms with Crippen molar-refractivity contribution in [3.05, 3.63) is 42.2 Å². The van der Waals surface area contributed by atoms with Gasteiger partial charge < -0.3 is 24.9 Å². The molecular weight excluding hydrogens is 310 g/mol. The fraction of sp³-hybridized carbons (Fsp3) is 0.312. The average molecular weight is 329 g/mol. The summed E-state index contributed by atoms with van der Waals surface area (Å²) in [6.07, 6.45) is 0.907. The van der Waals surface area contributed by atoms with Crippen LogP contribution in [0, 0.1) is 0 Å². The van der Waals surface area contributed by atoms with Gasteiger partial charge in [-0.15, -0.1) is 0 Å². The van der Waals surface area contributed by atoms with Crippen molar-refractivity contribution in [2.45, 2.75) is 19.3 Å². The first-order valence-corrected chi connectivity index (χ1v) is 7.49. The van der Waals surface area contributed by atoms with E-state index in [1.54, 1.807) is 10.9 Å². The molecule has 2 aromatic heterocycles. The number of aliphatic hydroxyl groups is 1. The van der Waals surface area contributed by atoms with Crippen molar-refractivity contribution < 1.29 is 14.6 Å². The number of rotatable bonds is 7.